The molecule has 1 aromatic carbocycles. The second-order valence-corrected chi connectivity index (χ2v) is 3.90. The minimum atomic E-state index is -0.224. The van der Waals surface area contributed by atoms with E-state index in [0.717, 1.165) is 11.1 Å². The van der Waals surface area contributed by atoms with Gasteiger partial charge in [-0.3, -0.25) is 0 Å². The molecule has 0 aromatic heterocycles. The summed E-state index contributed by atoms with van der Waals surface area (Å²) in [4.78, 5) is 0. The lowest BCUT2D eigenvalue weighted by atomic mass is 9.98. The SMILES string of the molecule is Cc1cc(F)ccc1CC(C#N)CBr. The average molecular weight is 256 g/mol. The van der Waals surface area contributed by atoms with Crippen LogP contribution in [0.15, 0.2) is 18.2 Å². The minimum Gasteiger partial charge on any atom is -0.207 e. The molecule has 0 aliphatic carbocycles. The molecule has 0 radical (unpaired) electrons. The van der Waals surface area contributed by atoms with E-state index in [1.165, 1.54) is 12.1 Å². The third-order valence-electron chi connectivity index (χ3n) is 2.14. The molecular formula is C11H11BrFN. The van der Waals surface area contributed by atoms with Crippen molar-refractivity contribution in [3.05, 3.63) is 35.1 Å². The molecule has 0 spiro atoms. The highest BCUT2D eigenvalue weighted by molar-refractivity contribution is 9.09. The maximum atomic E-state index is 12.8. The normalized spacial score (nSPS) is 12.1. The van der Waals surface area contributed by atoms with E-state index in [2.05, 4.69) is 22.0 Å². The van der Waals surface area contributed by atoms with Gasteiger partial charge in [0.15, 0.2) is 0 Å². The smallest absolute Gasteiger partial charge is 0.123 e. The van der Waals surface area contributed by atoms with Crippen LogP contribution in [0, 0.1) is 30.0 Å². The van der Waals surface area contributed by atoms with Crippen molar-refractivity contribution in [1.29, 1.82) is 5.26 Å². The summed E-state index contributed by atoms with van der Waals surface area (Å²) in [7, 11) is 0. The van der Waals surface area contributed by atoms with Gasteiger partial charge in [0.2, 0.25) is 0 Å². The van der Waals surface area contributed by atoms with Crippen LogP contribution in [-0.2, 0) is 6.42 Å². The van der Waals surface area contributed by atoms with E-state index in [-0.39, 0.29) is 11.7 Å². The number of hydrogen-bond acceptors (Lipinski definition) is 1. The van der Waals surface area contributed by atoms with E-state index in [0.29, 0.717) is 11.8 Å². The summed E-state index contributed by atoms with van der Waals surface area (Å²) in [5, 5.41) is 9.43. The topological polar surface area (TPSA) is 23.8 Å². The van der Waals surface area contributed by atoms with Crippen LogP contribution in [0.3, 0.4) is 0 Å². The quantitative estimate of drug-likeness (QED) is 0.762. The Kier molecular flexibility index (Phi) is 4.09. The molecular weight excluding hydrogens is 245 g/mol. The summed E-state index contributed by atoms with van der Waals surface area (Å²) < 4.78 is 12.8. The Morgan fingerprint density at radius 1 is 1.57 bits per heavy atom. The Bertz CT molecular complexity index is 357. The van der Waals surface area contributed by atoms with Crippen molar-refractivity contribution in [3.8, 4) is 6.07 Å². The minimum absolute atomic E-state index is 0.0424. The molecule has 0 N–H and O–H groups in total. The van der Waals surface area contributed by atoms with E-state index in [4.69, 9.17) is 5.26 Å². The maximum Gasteiger partial charge on any atom is 0.123 e. The van der Waals surface area contributed by atoms with Crippen molar-refractivity contribution < 1.29 is 4.39 Å². The Hall–Kier alpha value is -0.880. The lowest BCUT2D eigenvalue weighted by Crippen LogP contribution is -2.04. The Balaban J connectivity index is 2.82. The summed E-state index contributed by atoms with van der Waals surface area (Å²) >= 11 is 3.28. The second-order valence-electron chi connectivity index (χ2n) is 3.26. The van der Waals surface area contributed by atoms with Gasteiger partial charge in [-0.05, 0) is 36.6 Å². The number of nitrogens with zero attached hydrogens (tertiary/aromatic N) is 1. The molecule has 14 heavy (non-hydrogen) atoms. The first-order chi connectivity index (χ1) is 6.67. The van der Waals surface area contributed by atoms with Gasteiger partial charge in [0, 0.05) is 5.33 Å². The lowest BCUT2D eigenvalue weighted by molar-refractivity contribution is 0.624. The molecule has 0 fully saturated rings. The van der Waals surface area contributed by atoms with E-state index < -0.39 is 0 Å². The van der Waals surface area contributed by atoms with Crippen LogP contribution in [0.2, 0.25) is 0 Å². The number of nitriles is 1. The van der Waals surface area contributed by atoms with E-state index >= 15 is 0 Å². The van der Waals surface area contributed by atoms with Crippen molar-refractivity contribution in [3.63, 3.8) is 0 Å². The molecule has 0 saturated carbocycles. The van der Waals surface area contributed by atoms with Crippen molar-refractivity contribution >= 4 is 15.9 Å². The summed E-state index contributed by atoms with van der Waals surface area (Å²) in [6, 6.07) is 6.88. The first-order valence-corrected chi connectivity index (χ1v) is 5.50. The molecule has 0 heterocycles. The van der Waals surface area contributed by atoms with E-state index in [1.807, 2.05) is 6.92 Å². The molecule has 74 valence electrons. The molecule has 0 amide bonds. The molecule has 1 rings (SSSR count). The zero-order valence-electron chi connectivity index (χ0n) is 7.93. The molecule has 0 bridgehead atoms. The number of aryl methyl sites for hydroxylation is 1. The zero-order chi connectivity index (χ0) is 10.6. The monoisotopic (exact) mass is 255 g/mol. The van der Waals surface area contributed by atoms with Crippen molar-refractivity contribution in [2.75, 3.05) is 5.33 Å². The van der Waals surface area contributed by atoms with Crippen molar-refractivity contribution in [2.24, 2.45) is 5.92 Å². The second kappa shape index (κ2) is 5.11. The Labute approximate surface area is 91.7 Å². The molecule has 1 nitrogen and oxygen atoms in total. The number of alkyl halides is 1. The molecule has 3 heteroatoms. The number of halogens is 2. The third kappa shape index (κ3) is 2.81. The fourth-order valence-electron chi connectivity index (χ4n) is 1.29. The summed E-state index contributed by atoms with van der Waals surface area (Å²) in [6.07, 6.45) is 0.674. The predicted molar refractivity (Wildman–Crippen MR) is 57.7 cm³/mol. The molecule has 1 atom stereocenters. The van der Waals surface area contributed by atoms with Gasteiger partial charge in [-0.1, -0.05) is 22.0 Å². The van der Waals surface area contributed by atoms with E-state index in [9.17, 15) is 4.39 Å². The third-order valence-corrected chi connectivity index (χ3v) is 2.92. The fraction of sp³-hybridized carbons (Fsp3) is 0.364. The summed E-state index contributed by atoms with van der Waals surface area (Å²) in [5.41, 5.74) is 1.95. The Morgan fingerprint density at radius 2 is 2.29 bits per heavy atom. The Morgan fingerprint density at radius 3 is 2.79 bits per heavy atom. The van der Waals surface area contributed by atoms with Gasteiger partial charge in [-0.2, -0.15) is 5.26 Å². The molecule has 0 aliphatic heterocycles. The van der Waals surface area contributed by atoms with Gasteiger partial charge in [-0.15, -0.1) is 0 Å². The van der Waals surface area contributed by atoms with Gasteiger partial charge in [0.1, 0.15) is 5.82 Å². The number of benzene rings is 1. The molecule has 0 saturated heterocycles. The predicted octanol–water partition coefficient (Wildman–Crippen LogP) is 3.21. The summed E-state index contributed by atoms with van der Waals surface area (Å²) in [5.74, 6) is -0.266. The highest BCUT2D eigenvalue weighted by Crippen LogP contribution is 2.15. The highest BCUT2D eigenvalue weighted by Gasteiger charge is 2.08. The van der Waals surface area contributed by atoms with Gasteiger partial charge in [0.05, 0.1) is 12.0 Å². The van der Waals surface area contributed by atoms with Gasteiger partial charge in [0.25, 0.3) is 0 Å². The van der Waals surface area contributed by atoms with Crippen LogP contribution >= 0.6 is 15.9 Å². The lowest BCUT2D eigenvalue weighted by Gasteiger charge is -2.08. The number of hydrogen-bond donors (Lipinski definition) is 0. The van der Waals surface area contributed by atoms with Gasteiger partial charge >= 0.3 is 0 Å². The first kappa shape index (κ1) is 11.2. The van der Waals surface area contributed by atoms with Crippen molar-refractivity contribution in [1.82, 2.24) is 0 Å². The largest absolute Gasteiger partial charge is 0.207 e. The highest BCUT2D eigenvalue weighted by atomic mass is 79.9. The van der Waals surface area contributed by atoms with E-state index in [1.54, 1.807) is 6.07 Å². The fourth-order valence-corrected chi connectivity index (χ4v) is 1.66. The van der Waals surface area contributed by atoms with Crippen LogP contribution in [0.1, 0.15) is 11.1 Å². The van der Waals surface area contributed by atoms with Crippen LogP contribution in [0.5, 0.6) is 0 Å². The van der Waals surface area contributed by atoms with Crippen LogP contribution in [0.25, 0.3) is 0 Å². The standard InChI is InChI=1S/C11H11BrFN/c1-8-4-11(13)3-2-10(8)5-9(6-12)7-14/h2-4,9H,5-6H2,1H3. The average Bonchev–Trinajstić information content (AvgIpc) is 2.17. The first-order valence-electron chi connectivity index (χ1n) is 4.38. The molecule has 1 unspecified atom stereocenters. The van der Waals surface area contributed by atoms with Crippen molar-refractivity contribution in [2.45, 2.75) is 13.3 Å². The maximum absolute atomic E-state index is 12.8. The summed E-state index contributed by atoms with van der Waals surface area (Å²) in [6.45, 7) is 1.86. The van der Waals surface area contributed by atoms with Crippen LogP contribution < -0.4 is 0 Å². The van der Waals surface area contributed by atoms with Crippen LogP contribution in [0.4, 0.5) is 4.39 Å². The van der Waals surface area contributed by atoms with Gasteiger partial charge in [-0.25, -0.2) is 4.39 Å². The van der Waals surface area contributed by atoms with Gasteiger partial charge < -0.3 is 0 Å². The number of rotatable bonds is 3. The van der Waals surface area contributed by atoms with Crippen LogP contribution in [-0.4, -0.2) is 5.33 Å². The molecule has 0 aliphatic rings. The molecule has 1 aromatic rings. The zero-order valence-corrected chi connectivity index (χ0v) is 9.51.